The predicted octanol–water partition coefficient (Wildman–Crippen LogP) is 5.00. The fourth-order valence-corrected chi connectivity index (χ4v) is 4.94. The molecule has 0 aliphatic carbocycles. The van der Waals surface area contributed by atoms with Crippen molar-refractivity contribution in [1.29, 1.82) is 0 Å². The van der Waals surface area contributed by atoms with Crippen LogP contribution in [-0.2, 0) is 13.0 Å². The number of rotatable bonds is 8. The molecule has 3 heterocycles. The maximum atomic E-state index is 14.6. The lowest BCUT2D eigenvalue weighted by Gasteiger charge is -2.15. The van der Waals surface area contributed by atoms with Crippen molar-refractivity contribution in [1.82, 2.24) is 15.0 Å². The SMILES string of the molecule is NCc1ccc(-c2csc3c(NC[C@@H](N)Cc4ccccc4)nc(-c4ccncc4F)nc23)cc1. The summed E-state index contributed by atoms with van der Waals surface area (Å²) in [5.74, 6) is 0.469. The van der Waals surface area contributed by atoms with Crippen LogP contribution in [0.15, 0.2) is 78.4 Å². The van der Waals surface area contributed by atoms with E-state index >= 15 is 0 Å². The number of hydrogen-bond donors (Lipinski definition) is 3. The third kappa shape index (κ3) is 5.05. The molecule has 0 unspecified atom stereocenters. The highest BCUT2D eigenvalue weighted by Crippen LogP contribution is 2.37. The van der Waals surface area contributed by atoms with Gasteiger partial charge in [0.2, 0.25) is 0 Å². The standard InChI is InChI=1S/C27H25FN6S/c28-23-15-31-11-10-21(23)26-33-24-22(19-8-6-18(13-29)7-9-19)16-35-25(24)27(34-26)32-14-20(30)12-17-4-2-1-3-5-17/h1-11,15-16,20H,12-14,29-30H2,(H,32,33,34)/t20-/m0/s1. The molecule has 1 atom stereocenters. The van der Waals surface area contributed by atoms with Crippen LogP contribution >= 0.6 is 11.3 Å². The van der Waals surface area contributed by atoms with Gasteiger partial charge in [-0.05, 0) is 29.2 Å². The zero-order valence-corrected chi connectivity index (χ0v) is 19.8. The number of halogens is 1. The van der Waals surface area contributed by atoms with Gasteiger partial charge in [0.1, 0.15) is 5.82 Å². The summed E-state index contributed by atoms with van der Waals surface area (Å²) in [6.07, 6.45) is 3.44. The molecule has 2 aromatic carbocycles. The topological polar surface area (TPSA) is 103 Å². The van der Waals surface area contributed by atoms with Gasteiger partial charge in [0.05, 0.1) is 22.0 Å². The van der Waals surface area contributed by atoms with Crippen molar-refractivity contribution in [2.24, 2.45) is 11.5 Å². The molecule has 35 heavy (non-hydrogen) atoms. The van der Waals surface area contributed by atoms with Crippen molar-refractivity contribution in [3.63, 3.8) is 0 Å². The Labute approximate surface area is 206 Å². The van der Waals surface area contributed by atoms with Crippen molar-refractivity contribution >= 4 is 27.4 Å². The van der Waals surface area contributed by atoms with E-state index in [1.165, 1.54) is 18.0 Å². The minimum Gasteiger partial charge on any atom is -0.367 e. The molecule has 5 rings (SSSR count). The van der Waals surface area contributed by atoms with E-state index in [9.17, 15) is 4.39 Å². The fraction of sp³-hybridized carbons (Fsp3) is 0.148. The second-order valence-corrected chi connectivity index (χ2v) is 9.19. The predicted molar refractivity (Wildman–Crippen MR) is 141 cm³/mol. The average Bonchev–Trinajstić information content (AvgIpc) is 3.32. The van der Waals surface area contributed by atoms with Crippen LogP contribution in [0, 0.1) is 5.82 Å². The Morgan fingerprint density at radius 1 is 0.943 bits per heavy atom. The van der Waals surface area contributed by atoms with Gasteiger partial charge in [0, 0.05) is 36.3 Å². The van der Waals surface area contributed by atoms with E-state index in [4.69, 9.17) is 21.4 Å². The van der Waals surface area contributed by atoms with Crippen LogP contribution in [-0.4, -0.2) is 27.5 Å². The minimum atomic E-state index is -0.470. The highest BCUT2D eigenvalue weighted by molar-refractivity contribution is 7.18. The summed E-state index contributed by atoms with van der Waals surface area (Å²) in [6.45, 7) is 0.993. The van der Waals surface area contributed by atoms with Gasteiger partial charge in [0.15, 0.2) is 11.6 Å². The maximum Gasteiger partial charge on any atom is 0.165 e. The number of aromatic nitrogens is 3. The first-order valence-corrected chi connectivity index (χ1v) is 12.2. The van der Waals surface area contributed by atoms with Crippen LogP contribution in [0.25, 0.3) is 32.7 Å². The molecule has 6 nitrogen and oxygen atoms in total. The Morgan fingerprint density at radius 2 is 1.74 bits per heavy atom. The number of fused-ring (bicyclic) bond motifs is 1. The Morgan fingerprint density at radius 3 is 2.49 bits per heavy atom. The Kier molecular flexibility index (Phi) is 6.76. The van der Waals surface area contributed by atoms with Gasteiger partial charge in [-0.2, -0.15) is 0 Å². The first-order valence-electron chi connectivity index (χ1n) is 11.3. The molecule has 0 bridgehead atoms. The van der Waals surface area contributed by atoms with Crippen molar-refractivity contribution in [3.05, 3.63) is 95.4 Å². The second kappa shape index (κ2) is 10.3. The van der Waals surface area contributed by atoms with Crippen LogP contribution in [0.3, 0.4) is 0 Å². The number of hydrogen-bond acceptors (Lipinski definition) is 7. The summed E-state index contributed by atoms with van der Waals surface area (Å²) in [5, 5.41) is 5.45. The average molecular weight is 485 g/mol. The van der Waals surface area contributed by atoms with E-state index in [1.807, 2.05) is 42.5 Å². The lowest BCUT2D eigenvalue weighted by molar-refractivity contribution is 0.623. The van der Waals surface area contributed by atoms with E-state index < -0.39 is 5.82 Å². The van der Waals surface area contributed by atoms with E-state index in [-0.39, 0.29) is 6.04 Å². The third-order valence-electron chi connectivity index (χ3n) is 5.80. The lowest BCUT2D eigenvalue weighted by Crippen LogP contribution is -2.31. The molecular formula is C27H25FN6S. The number of benzene rings is 2. The van der Waals surface area contributed by atoms with E-state index in [0.717, 1.165) is 33.3 Å². The monoisotopic (exact) mass is 484 g/mol. The van der Waals surface area contributed by atoms with E-state index in [1.54, 1.807) is 17.4 Å². The number of nitrogens with two attached hydrogens (primary N) is 2. The van der Waals surface area contributed by atoms with Gasteiger partial charge >= 0.3 is 0 Å². The number of nitrogens with zero attached hydrogens (tertiary/aromatic N) is 3. The second-order valence-electron chi connectivity index (χ2n) is 8.31. The van der Waals surface area contributed by atoms with E-state index in [0.29, 0.717) is 30.3 Å². The normalized spacial score (nSPS) is 12.1. The van der Waals surface area contributed by atoms with Gasteiger partial charge in [-0.1, -0.05) is 54.6 Å². The smallest absolute Gasteiger partial charge is 0.165 e. The van der Waals surface area contributed by atoms with Gasteiger partial charge in [-0.3, -0.25) is 4.98 Å². The van der Waals surface area contributed by atoms with Crippen LogP contribution < -0.4 is 16.8 Å². The summed E-state index contributed by atoms with van der Waals surface area (Å²) >= 11 is 1.55. The fourth-order valence-electron chi connectivity index (χ4n) is 3.96. The number of anilines is 1. The van der Waals surface area contributed by atoms with Crippen molar-refractivity contribution < 1.29 is 4.39 Å². The third-order valence-corrected chi connectivity index (χ3v) is 6.78. The zero-order chi connectivity index (χ0) is 24.2. The molecular weight excluding hydrogens is 459 g/mol. The summed E-state index contributed by atoms with van der Waals surface area (Å²) in [6, 6.07) is 19.7. The Bertz CT molecular complexity index is 1440. The summed E-state index contributed by atoms with van der Waals surface area (Å²) in [7, 11) is 0. The quantitative estimate of drug-likeness (QED) is 0.286. The molecule has 3 aromatic heterocycles. The van der Waals surface area contributed by atoms with Crippen LogP contribution in [0.2, 0.25) is 0 Å². The van der Waals surface area contributed by atoms with Crippen LogP contribution in [0.5, 0.6) is 0 Å². The molecule has 5 N–H and O–H groups in total. The highest BCUT2D eigenvalue weighted by atomic mass is 32.1. The van der Waals surface area contributed by atoms with Gasteiger partial charge in [-0.15, -0.1) is 11.3 Å². The van der Waals surface area contributed by atoms with Crippen molar-refractivity contribution in [3.8, 4) is 22.5 Å². The summed E-state index contributed by atoms with van der Waals surface area (Å²) in [4.78, 5) is 13.3. The van der Waals surface area contributed by atoms with Crippen molar-refractivity contribution in [2.45, 2.75) is 19.0 Å². The van der Waals surface area contributed by atoms with Gasteiger partial charge in [-0.25, -0.2) is 14.4 Å². The molecule has 8 heteroatoms. The zero-order valence-electron chi connectivity index (χ0n) is 19.0. The minimum absolute atomic E-state index is 0.119. The van der Waals surface area contributed by atoms with Crippen LogP contribution in [0.1, 0.15) is 11.1 Å². The van der Waals surface area contributed by atoms with Gasteiger partial charge < -0.3 is 16.8 Å². The maximum absolute atomic E-state index is 14.6. The number of nitrogens with one attached hydrogen (secondary N) is 1. The molecule has 0 aliphatic rings. The molecule has 0 radical (unpaired) electrons. The Balaban J connectivity index is 1.52. The van der Waals surface area contributed by atoms with Crippen molar-refractivity contribution in [2.75, 3.05) is 11.9 Å². The lowest BCUT2D eigenvalue weighted by atomic mass is 10.1. The summed E-state index contributed by atoms with van der Waals surface area (Å²) in [5.41, 5.74) is 17.4. The number of thiophene rings is 1. The summed E-state index contributed by atoms with van der Waals surface area (Å²) < 4.78 is 15.5. The van der Waals surface area contributed by atoms with Crippen LogP contribution in [0.4, 0.5) is 10.2 Å². The molecule has 0 aliphatic heterocycles. The molecule has 0 saturated heterocycles. The highest BCUT2D eigenvalue weighted by Gasteiger charge is 2.18. The van der Waals surface area contributed by atoms with Gasteiger partial charge in [0.25, 0.3) is 0 Å². The molecule has 5 aromatic rings. The number of pyridine rings is 1. The van der Waals surface area contributed by atoms with E-state index in [2.05, 4.69) is 27.8 Å². The first-order chi connectivity index (χ1) is 17.1. The Hall–Kier alpha value is -3.72. The molecule has 0 spiro atoms. The molecule has 0 fully saturated rings. The molecule has 0 amide bonds. The first kappa shape index (κ1) is 23.0. The molecule has 176 valence electrons. The molecule has 0 saturated carbocycles. The largest absolute Gasteiger partial charge is 0.367 e.